The van der Waals surface area contributed by atoms with Gasteiger partial charge in [0.1, 0.15) is 0 Å². The number of piperazine rings is 2. The van der Waals surface area contributed by atoms with Crippen molar-refractivity contribution >= 4 is 11.8 Å². The highest BCUT2D eigenvalue weighted by Crippen LogP contribution is 2.13. The molecule has 2 fully saturated rings. The molecule has 0 N–H and O–H groups in total. The van der Waals surface area contributed by atoms with Gasteiger partial charge in [-0.25, -0.2) is 0 Å². The zero-order valence-corrected chi connectivity index (χ0v) is 16.4. The molecule has 0 radical (unpaired) electrons. The monoisotopic (exact) mass is 350 g/mol. The number of hydrogen-bond donors (Lipinski definition) is 0. The highest BCUT2D eigenvalue weighted by atomic mass is 16.2. The van der Waals surface area contributed by atoms with Crippen molar-refractivity contribution in [1.29, 1.82) is 0 Å². The van der Waals surface area contributed by atoms with Crippen molar-refractivity contribution in [2.45, 2.75) is 38.9 Å². The molecule has 3 unspecified atom stereocenters. The summed E-state index contributed by atoms with van der Waals surface area (Å²) in [4.78, 5) is 30.9. The molecule has 2 amide bonds. The van der Waals surface area contributed by atoms with E-state index in [2.05, 4.69) is 57.8 Å². The van der Waals surface area contributed by atoms with Crippen molar-refractivity contribution in [3.8, 4) is 0 Å². The quantitative estimate of drug-likeness (QED) is 0.699. The van der Waals surface area contributed by atoms with Crippen LogP contribution >= 0.6 is 0 Å². The third-order valence-corrected chi connectivity index (χ3v) is 5.13. The molecule has 2 heterocycles. The van der Waals surface area contributed by atoms with E-state index < -0.39 is 0 Å². The summed E-state index contributed by atoms with van der Waals surface area (Å²) in [6.07, 6.45) is 2.78. The normalized spacial score (nSPS) is 28.0. The van der Waals surface area contributed by atoms with Gasteiger partial charge in [0.05, 0.1) is 0 Å². The molecule has 0 spiro atoms. The number of amides is 2. The maximum atomic E-state index is 11.4. The van der Waals surface area contributed by atoms with Crippen molar-refractivity contribution in [2.75, 3.05) is 46.8 Å². The second-order valence-corrected chi connectivity index (χ2v) is 7.16. The van der Waals surface area contributed by atoms with Crippen LogP contribution in [-0.4, -0.2) is 96.4 Å². The predicted molar refractivity (Wildman–Crippen MR) is 102 cm³/mol. The maximum Gasteiger partial charge on any atom is 0.246 e. The van der Waals surface area contributed by atoms with Crippen LogP contribution in [0.25, 0.3) is 0 Å². The Morgan fingerprint density at radius 2 is 1.36 bits per heavy atom. The molecule has 0 aromatic carbocycles. The first-order valence-corrected chi connectivity index (χ1v) is 8.96. The van der Waals surface area contributed by atoms with Crippen LogP contribution in [0, 0.1) is 0 Å². The average molecular weight is 351 g/mol. The van der Waals surface area contributed by atoms with Gasteiger partial charge < -0.3 is 14.7 Å². The van der Waals surface area contributed by atoms with Gasteiger partial charge in [-0.3, -0.25) is 14.5 Å². The summed E-state index contributed by atoms with van der Waals surface area (Å²) in [7, 11) is 4.18. The van der Waals surface area contributed by atoms with Crippen LogP contribution in [0.2, 0.25) is 0 Å². The average Bonchev–Trinajstić information content (AvgIpc) is 2.58. The smallest absolute Gasteiger partial charge is 0.246 e. The van der Waals surface area contributed by atoms with Crippen molar-refractivity contribution in [3.05, 3.63) is 25.3 Å². The van der Waals surface area contributed by atoms with Crippen molar-refractivity contribution < 1.29 is 9.59 Å². The van der Waals surface area contributed by atoms with E-state index in [9.17, 15) is 9.59 Å². The summed E-state index contributed by atoms with van der Waals surface area (Å²) in [5.74, 6) is 0.0994. The predicted octanol–water partition coefficient (Wildman–Crippen LogP) is 1.06. The van der Waals surface area contributed by atoms with Crippen LogP contribution in [0.4, 0.5) is 0 Å². The molecule has 2 rings (SSSR count). The van der Waals surface area contributed by atoms with Gasteiger partial charge in [-0.05, 0) is 47.0 Å². The second-order valence-electron chi connectivity index (χ2n) is 7.16. The molecular weight excluding hydrogens is 316 g/mol. The van der Waals surface area contributed by atoms with Crippen molar-refractivity contribution in [1.82, 2.24) is 19.6 Å². The van der Waals surface area contributed by atoms with E-state index in [4.69, 9.17) is 0 Å². The molecule has 3 atom stereocenters. The number of rotatable bonds is 2. The first-order chi connectivity index (χ1) is 11.7. The van der Waals surface area contributed by atoms with Gasteiger partial charge in [-0.1, -0.05) is 13.2 Å². The Hall–Kier alpha value is -1.66. The fraction of sp³-hybridized carbons (Fsp3) is 0.684. The summed E-state index contributed by atoms with van der Waals surface area (Å²) >= 11 is 0. The van der Waals surface area contributed by atoms with Crippen molar-refractivity contribution in [3.63, 3.8) is 0 Å². The number of carbonyl (C=O) groups is 2. The molecule has 2 aliphatic heterocycles. The molecule has 0 saturated carbocycles. The van der Waals surface area contributed by atoms with Gasteiger partial charge in [0.25, 0.3) is 0 Å². The third kappa shape index (κ3) is 5.97. The molecular formula is C19H34N4O2. The first-order valence-electron chi connectivity index (χ1n) is 8.96. The first kappa shape index (κ1) is 21.4. The maximum absolute atomic E-state index is 11.4. The van der Waals surface area contributed by atoms with Crippen LogP contribution in [0.15, 0.2) is 25.3 Å². The standard InChI is InChI=1S/C10H18N2O.C9H16N2O/c1-5-10(13)12-6-8(2)11(4)9(3)7-12;1-4-9(12)11-6-5-10(3)7-8(11)2/h5,8-9H,1,6-7H2,2-4H3;4,8H,1,5-7H2,2-3H3. The van der Waals surface area contributed by atoms with Gasteiger partial charge in [0.2, 0.25) is 11.8 Å². The molecule has 0 aromatic heterocycles. The molecule has 6 nitrogen and oxygen atoms in total. The summed E-state index contributed by atoms with van der Waals surface area (Å²) in [6, 6.07) is 1.19. The van der Waals surface area contributed by atoms with Crippen LogP contribution in [-0.2, 0) is 9.59 Å². The van der Waals surface area contributed by atoms with E-state index in [1.165, 1.54) is 12.2 Å². The SMILES string of the molecule is C=CC(=O)N1CC(C)N(C)C(C)C1.C=CC(=O)N1CCN(C)CC1C. The molecule has 6 heteroatoms. The number of hydrogen-bond acceptors (Lipinski definition) is 4. The van der Waals surface area contributed by atoms with Gasteiger partial charge >= 0.3 is 0 Å². The lowest BCUT2D eigenvalue weighted by atomic mass is 10.1. The minimum atomic E-state index is 0.0480. The Labute approximate surface area is 152 Å². The number of nitrogens with zero attached hydrogens (tertiary/aromatic N) is 4. The van der Waals surface area contributed by atoms with Crippen LogP contribution in [0.5, 0.6) is 0 Å². The summed E-state index contributed by atoms with van der Waals surface area (Å²) < 4.78 is 0. The summed E-state index contributed by atoms with van der Waals surface area (Å²) in [5, 5.41) is 0. The Morgan fingerprint density at radius 3 is 1.80 bits per heavy atom. The lowest BCUT2D eigenvalue weighted by molar-refractivity contribution is -0.130. The third-order valence-electron chi connectivity index (χ3n) is 5.13. The van der Waals surface area contributed by atoms with E-state index in [0.717, 1.165) is 32.7 Å². The highest BCUT2D eigenvalue weighted by molar-refractivity contribution is 5.87. The van der Waals surface area contributed by atoms with Gasteiger partial charge in [-0.15, -0.1) is 0 Å². The Morgan fingerprint density at radius 1 is 0.840 bits per heavy atom. The largest absolute Gasteiger partial charge is 0.336 e. The lowest BCUT2D eigenvalue weighted by Crippen LogP contribution is -2.56. The molecule has 0 bridgehead atoms. The Kier molecular flexibility index (Phi) is 8.32. The van der Waals surface area contributed by atoms with E-state index in [1.807, 2.05) is 9.80 Å². The Bertz CT molecular complexity index is 482. The molecule has 142 valence electrons. The van der Waals surface area contributed by atoms with Gasteiger partial charge in [-0.2, -0.15) is 0 Å². The fourth-order valence-corrected chi connectivity index (χ4v) is 3.30. The summed E-state index contributed by atoms with van der Waals surface area (Å²) in [6.45, 7) is 17.7. The molecule has 2 saturated heterocycles. The zero-order valence-electron chi connectivity index (χ0n) is 16.4. The minimum Gasteiger partial charge on any atom is -0.336 e. The molecule has 2 aliphatic rings. The van der Waals surface area contributed by atoms with E-state index >= 15 is 0 Å². The van der Waals surface area contributed by atoms with Crippen molar-refractivity contribution in [2.24, 2.45) is 0 Å². The Balaban J connectivity index is 0.000000251. The summed E-state index contributed by atoms with van der Waals surface area (Å²) in [5.41, 5.74) is 0. The van der Waals surface area contributed by atoms with E-state index in [-0.39, 0.29) is 11.8 Å². The lowest BCUT2D eigenvalue weighted by Gasteiger charge is -2.42. The second kappa shape index (κ2) is 9.73. The fourth-order valence-electron chi connectivity index (χ4n) is 3.30. The van der Waals surface area contributed by atoms with Gasteiger partial charge in [0, 0.05) is 50.8 Å². The van der Waals surface area contributed by atoms with E-state index in [1.54, 1.807) is 0 Å². The van der Waals surface area contributed by atoms with Crippen LogP contribution < -0.4 is 0 Å². The minimum absolute atomic E-state index is 0.0480. The zero-order chi connectivity index (χ0) is 19.1. The molecule has 0 aromatic rings. The van der Waals surface area contributed by atoms with Gasteiger partial charge in [0.15, 0.2) is 0 Å². The molecule has 0 aliphatic carbocycles. The number of likely N-dealkylation sites (N-methyl/N-ethyl adjacent to an activating group) is 2. The number of carbonyl (C=O) groups excluding carboxylic acids is 2. The van der Waals surface area contributed by atoms with E-state index in [0.29, 0.717) is 18.1 Å². The van der Waals surface area contributed by atoms with Crippen LogP contribution in [0.1, 0.15) is 20.8 Å². The van der Waals surface area contributed by atoms with Crippen LogP contribution in [0.3, 0.4) is 0 Å². The topological polar surface area (TPSA) is 47.1 Å². The molecule has 25 heavy (non-hydrogen) atoms. The highest BCUT2D eigenvalue weighted by Gasteiger charge is 2.28.